The molecule has 2 aromatic carbocycles. The average molecular weight is 536 g/mol. The van der Waals surface area contributed by atoms with Gasteiger partial charge in [0, 0.05) is 23.2 Å². The summed E-state index contributed by atoms with van der Waals surface area (Å²) in [5, 5.41) is 8.67. The van der Waals surface area contributed by atoms with Gasteiger partial charge in [0.15, 0.2) is 6.61 Å². The Labute approximate surface area is 207 Å². The Kier molecular flexibility index (Phi) is 10.3. The molecular formula is C23H28F3NO6S2. The van der Waals surface area contributed by atoms with E-state index in [2.05, 4.69) is 4.74 Å². The first-order valence-electron chi connectivity index (χ1n) is 10.8. The first-order valence-corrected chi connectivity index (χ1v) is 13.2. The maximum atomic E-state index is 13.2. The van der Waals surface area contributed by atoms with Crippen molar-refractivity contribution in [3.05, 3.63) is 48.0 Å². The fourth-order valence-corrected chi connectivity index (χ4v) is 6.06. The Morgan fingerprint density at radius 3 is 2.31 bits per heavy atom. The highest BCUT2D eigenvalue weighted by Crippen LogP contribution is 2.32. The van der Waals surface area contributed by atoms with E-state index in [1.54, 1.807) is 19.1 Å². The number of carboxylic acids is 1. The molecule has 0 aliphatic carbocycles. The number of aliphatic carboxylic acids is 1. The average Bonchev–Trinajstić information content (AvgIpc) is 2.76. The minimum Gasteiger partial charge on any atom is -0.482 e. The summed E-state index contributed by atoms with van der Waals surface area (Å²) in [6, 6.07) is 9.48. The minimum atomic E-state index is -4.86. The molecule has 2 rings (SSSR count). The van der Waals surface area contributed by atoms with Crippen molar-refractivity contribution in [1.82, 2.24) is 4.31 Å². The zero-order valence-corrected chi connectivity index (χ0v) is 21.2. The van der Waals surface area contributed by atoms with Gasteiger partial charge >= 0.3 is 12.3 Å². The first kappa shape index (κ1) is 28.8. The summed E-state index contributed by atoms with van der Waals surface area (Å²) in [5.74, 6) is -1.11. The van der Waals surface area contributed by atoms with Gasteiger partial charge < -0.3 is 14.6 Å². The van der Waals surface area contributed by atoms with Crippen molar-refractivity contribution >= 4 is 27.8 Å². The molecule has 0 amide bonds. The lowest BCUT2D eigenvalue weighted by Crippen LogP contribution is -2.37. The van der Waals surface area contributed by atoms with Crippen LogP contribution in [-0.4, -0.2) is 55.1 Å². The predicted octanol–water partition coefficient (Wildman–Crippen LogP) is 5.33. The number of nitrogens with zero attached hydrogens (tertiary/aromatic N) is 1. The van der Waals surface area contributed by atoms with E-state index in [1.807, 2.05) is 19.9 Å². The van der Waals surface area contributed by atoms with E-state index in [4.69, 9.17) is 9.84 Å². The number of carboxylic acid groups (broad SMARTS) is 1. The number of alkyl halides is 3. The quantitative estimate of drug-likeness (QED) is 0.347. The van der Waals surface area contributed by atoms with Gasteiger partial charge in [-0.1, -0.05) is 13.8 Å². The maximum absolute atomic E-state index is 13.2. The first-order chi connectivity index (χ1) is 16.4. The van der Waals surface area contributed by atoms with Crippen LogP contribution in [0.25, 0.3) is 0 Å². The largest absolute Gasteiger partial charge is 0.573 e. The molecule has 0 spiro atoms. The van der Waals surface area contributed by atoms with Crippen molar-refractivity contribution in [3.8, 4) is 11.5 Å². The van der Waals surface area contributed by atoms with Gasteiger partial charge in [0.05, 0.1) is 4.90 Å². The second-order valence-electron chi connectivity index (χ2n) is 7.64. The van der Waals surface area contributed by atoms with E-state index in [0.717, 1.165) is 34.7 Å². The predicted molar refractivity (Wildman–Crippen MR) is 126 cm³/mol. The van der Waals surface area contributed by atoms with Crippen molar-refractivity contribution < 1.29 is 41.0 Å². The number of hydrogen-bond donors (Lipinski definition) is 1. The van der Waals surface area contributed by atoms with Crippen LogP contribution in [0.2, 0.25) is 0 Å². The molecule has 0 aromatic heterocycles. The highest BCUT2D eigenvalue weighted by atomic mass is 32.2. The zero-order chi connectivity index (χ0) is 26.2. The van der Waals surface area contributed by atoms with E-state index in [-0.39, 0.29) is 23.2 Å². The van der Waals surface area contributed by atoms with Crippen LogP contribution in [0.5, 0.6) is 11.5 Å². The molecule has 0 aliphatic heterocycles. The molecule has 1 unspecified atom stereocenters. The van der Waals surface area contributed by atoms with E-state index in [1.165, 1.54) is 16.1 Å². The number of sulfonamides is 1. The lowest BCUT2D eigenvalue weighted by Gasteiger charge is -2.26. The molecule has 1 N–H and O–H groups in total. The summed E-state index contributed by atoms with van der Waals surface area (Å²) in [4.78, 5) is 11.5. The van der Waals surface area contributed by atoms with E-state index in [0.29, 0.717) is 18.6 Å². The number of halogens is 3. The van der Waals surface area contributed by atoms with Crippen LogP contribution >= 0.6 is 11.8 Å². The Morgan fingerprint density at radius 1 is 1.14 bits per heavy atom. The molecule has 1 atom stereocenters. The second-order valence-corrected chi connectivity index (χ2v) is 11.0. The fraction of sp³-hybridized carbons (Fsp3) is 0.435. The summed E-state index contributed by atoms with van der Waals surface area (Å²) >= 11 is 1.49. The topological polar surface area (TPSA) is 93.1 Å². The van der Waals surface area contributed by atoms with E-state index in [9.17, 15) is 26.4 Å². The number of aryl methyl sites for hydroxylation is 1. The maximum Gasteiger partial charge on any atom is 0.573 e. The number of thioether (sulfide) groups is 1. The highest BCUT2D eigenvalue weighted by Gasteiger charge is 2.32. The Hall–Kier alpha value is -2.44. The molecule has 0 heterocycles. The van der Waals surface area contributed by atoms with Gasteiger partial charge in [-0.3, -0.25) is 0 Å². The molecule has 12 heteroatoms. The van der Waals surface area contributed by atoms with Crippen LogP contribution in [0.3, 0.4) is 0 Å². The molecule has 0 aliphatic rings. The van der Waals surface area contributed by atoms with Crippen LogP contribution in [0.4, 0.5) is 13.2 Å². The van der Waals surface area contributed by atoms with Crippen molar-refractivity contribution in [3.63, 3.8) is 0 Å². The smallest absolute Gasteiger partial charge is 0.482 e. The Morgan fingerprint density at radius 2 is 1.80 bits per heavy atom. The molecule has 2 aromatic rings. The van der Waals surface area contributed by atoms with Crippen LogP contribution in [0, 0.1) is 6.92 Å². The molecule has 0 bridgehead atoms. The molecule has 0 saturated heterocycles. The third-order valence-electron chi connectivity index (χ3n) is 4.83. The van der Waals surface area contributed by atoms with Gasteiger partial charge in [0.25, 0.3) is 0 Å². The lowest BCUT2D eigenvalue weighted by atomic mass is 10.2. The normalized spacial score (nSPS) is 13.0. The number of ether oxygens (including phenoxy) is 2. The van der Waals surface area contributed by atoms with E-state index < -0.39 is 34.7 Å². The molecular weight excluding hydrogens is 507 g/mol. The lowest BCUT2D eigenvalue weighted by molar-refractivity contribution is -0.274. The van der Waals surface area contributed by atoms with Gasteiger partial charge in [0.2, 0.25) is 10.0 Å². The van der Waals surface area contributed by atoms with Gasteiger partial charge in [-0.15, -0.1) is 24.9 Å². The monoisotopic (exact) mass is 535 g/mol. The summed E-state index contributed by atoms with van der Waals surface area (Å²) < 4.78 is 74.1. The van der Waals surface area contributed by atoms with Crippen LogP contribution in [0.1, 0.15) is 32.3 Å². The van der Waals surface area contributed by atoms with Gasteiger partial charge in [-0.05, 0) is 67.8 Å². The van der Waals surface area contributed by atoms with Crippen LogP contribution in [0.15, 0.2) is 52.3 Å². The third-order valence-corrected chi connectivity index (χ3v) is 8.05. The van der Waals surface area contributed by atoms with Crippen molar-refractivity contribution in [1.29, 1.82) is 0 Å². The molecule has 0 radical (unpaired) electrons. The van der Waals surface area contributed by atoms with Crippen LogP contribution in [-0.2, 0) is 14.8 Å². The van der Waals surface area contributed by atoms with Crippen molar-refractivity contribution in [2.45, 2.75) is 55.0 Å². The third kappa shape index (κ3) is 8.93. The van der Waals surface area contributed by atoms with Crippen molar-refractivity contribution in [2.24, 2.45) is 0 Å². The fourth-order valence-electron chi connectivity index (χ4n) is 3.19. The zero-order valence-electron chi connectivity index (χ0n) is 19.5. The SMILES string of the molecule is CCCN(CC(CC)Sc1ccc(OCC(=O)O)c(C)c1)S(=O)(=O)c1ccc(OC(F)(F)F)cc1. The molecule has 194 valence electrons. The van der Waals surface area contributed by atoms with Gasteiger partial charge in [-0.25, -0.2) is 13.2 Å². The minimum absolute atomic E-state index is 0.102. The summed E-state index contributed by atoms with van der Waals surface area (Å²) in [7, 11) is -3.94. The van der Waals surface area contributed by atoms with Gasteiger partial charge in [-0.2, -0.15) is 4.31 Å². The molecule has 35 heavy (non-hydrogen) atoms. The van der Waals surface area contributed by atoms with E-state index >= 15 is 0 Å². The Balaban J connectivity index is 2.16. The highest BCUT2D eigenvalue weighted by molar-refractivity contribution is 8.00. The number of carbonyl (C=O) groups is 1. The summed E-state index contributed by atoms with van der Waals surface area (Å²) in [6.07, 6.45) is -3.64. The number of hydrogen-bond acceptors (Lipinski definition) is 6. The van der Waals surface area contributed by atoms with Crippen LogP contribution < -0.4 is 9.47 Å². The van der Waals surface area contributed by atoms with Gasteiger partial charge in [0.1, 0.15) is 11.5 Å². The number of benzene rings is 2. The summed E-state index contributed by atoms with van der Waals surface area (Å²) in [6.45, 7) is 5.58. The van der Waals surface area contributed by atoms with Crippen molar-refractivity contribution in [2.75, 3.05) is 19.7 Å². The molecule has 7 nitrogen and oxygen atoms in total. The number of rotatable bonds is 13. The standard InChI is InChI=1S/C23H28F3NO6S2/c1-4-12-27(35(30,31)20-9-6-17(7-10-20)33-23(24,25)26)14-18(5-2)34-19-8-11-21(16(3)13-19)32-15-22(28)29/h6-11,13,18H,4-5,12,14-15H2,1-3H3,(H,28,29). The molecule has 0 saturated carbocycles. The Bertz CT molecular complexity index is 1090. The second kappa shape index (κ2) is 12.5. The summed E-state index contributed by atoms with van der Waals surface area (Å²) in [5.41, 5.74) is 0.755. The molecule has 0 fully saturated rings.